The molecule has 0 radical (unpaired) electrons. The van der Waals surface area contributed by atoms with Crippen molar-refractivity contribution in [2.24, 2.45) is 11.3 Å². The molecule has 3 saturated carbocycles. The summed E-state index contributed by atoms with van der Waals surface area (Å²) in [6, 6.07) is 0. The van der Waals surface area contributed by atoms with Crippen molar-refractivity contribution in [1.29, 1.82) is 0 Å². The fraction of sp³-hybridized carbons (Fsp3) is 0.900. The number of Topliss-reactive ketones (excluding diaryl/α,β-unsaturated/α-hetero) is 1. The predicted octanol–water partition coefficient (Wildman–Crippen LogP) is 1.52. The lowest BCUT2D eigenvalue weighted by Crippen LogP contribution is -2.54. The summed E-state index contributed by atoms with van der Waals surface area (Å²) >= 11 is 0. The van der Waals surface area contributed by atoms with E-state index in [0.29, 0.717) is 6.42 Å². The fourth-order valence-corrected chi connectivity index (χ4v) is 3.08. The Kier molecular flexibility index (Phi) is 1.45. The highest BCUT2D eigenvalue weighted by Crippen LogP contribution is 2.52. The first kappa shape index (κ1) is 8.24. The summed E-state index contributed by atoms with van der Waals surface area (Å²) in [5.41, 5.74) is -0.627. The molecule has 3 atom stereocenters. The quantitative estimate of drug-likeness (QED) is 0.595. The van der Waals surface area contributed by atoms with Gasteiger partial charge < -0.3 is 5.11 Å². The molecule has 0 amide bonds. The molecule has 0 saturated heterocycles. The maximum Gasteiger partial charge on any atom is 0.139 e. The molecule has 3 rings (SSSR count). The molecular weight excluding hydrogens is 152 g/mol. The number of ketones is 1. The van der Waals surface area contributed by atoms with E-state index in [2.05, 4.69) is 6.92 Å². The molecule has 0 spiro atoms. The lowest BCUT2D eigenvalue weighted by molar-refractivity contribution is -0.157. The average Bonchev–Trinajstić information content (AvgIpc) is 1.80. The van der Waals surface area contributed by atoms with E-state index in [1.165, 1.54) is 0 Å². The number of carbonyl (C=O) groups is 1. The van der Waals surface area contributed by atoms with Gasteiger partial charge in [0.15, 0.2) is 0 Å². The van der Waals surface area contributed by atoms with Crippen LogP contribution >= 0.6 is 0 Å². The standard InChI is InChI=1S/C10H16O2/c1-9-4-3-7(8(11)5-9)10(2,12)6-9/h7,12H,3-6H2,1-2H3/t7-,9+,10-/m1/s1. The SMILES string of the molecule is C[C@]12CC[C@H](C(=O)C1)[C@](C)(O)C2. The maximum absolute atomic E-state index is 11.5. The van der Waals surface area contributed by atoms with E-state index in [9.17, 15) is 9.90 Å². The van der Waals surface area contributed by atoms with Crippen LogP contribution in [0.4, 0.5) is 0 Å². The van der Waals surface area contributed by atoms with E-state index >= 15 is 0 Å². The van der Waals surface area contributed by atoms with Gasteiger partial charge >= 0.3 is 0 Å². The Morgan fingerprint density at radius 2 is 2.17 bits per heavy atom. The van der Waals surface area contributed by atoms with Crippen molar-refractivity contribution < 1.29 is 9.90 Å². The van der Waals surface area contributed by atoms with Crippen LogP contribution < -0.4 is 0 Å². The smallest absolute Gasteiger partial charge is 0.139 e. The molecule has 2 nitrogen and oxygen atoms in total. The zero-order chi connectivity index (χ0) is 8.98. The molecule has 2 heteroatoms. The third kappa shape index (κ3) is 1.01. The summed E-state index contributed by atoms with van der Waals surface area (Å²) in [5.74, 6) is 0.208. The summed E-state index contributed by atoms with van der Waals surface area (Å²) in [7, 11) is 0. The minimum Gasteiger partial charge on any atom is -0.389 e. The number of carbonyl (C=O) groups excluding carboxylic acids is 1. The van der Waals surface area contributed by atoms with Crippen LogP contribution in [-0.2, 0) is 4.79 Å². The van der Waals surface area contributed by atoms with Crippen LogP contribution in [0.5, 0.6) is 0 Å². The normalized spacial score (nSPS) is 52.9. The Balaban J connectivity index is 2.34. The van der Waals surface area contributed by atoms with Crippen molar-refractivity contribution in [3.8, 4) is 0 Å². The Hall–Kier alpha value is -0.370. The third-order valence-corrected chi connectivity index (χ3v) is 3.56. The van der Waals surface area contributed by atoms with Gasteiger partial charge in [-0.2, -0.15) is 0 Å². The summed E-state index contributed by atoms with van der Waals surface area (Å²) in [6.07, 6.45) is 3.49. The second kappa shape index (κ2) is 2.11. The van der Waals surface area contributed by atoms with Gasteiger partial charge in [-0.25, -0.2) is 0 Å². The third-order valence-electron chi connectivity index (χ3n) is 3.56. The lowest BCUT2D eigenvalue weighted by atomic mass is 9.55. The topological polar surface area (TPSA) is 37.3 Å². The number of fused-ring (bicyclic) bond motifs is 3. The summed E-state index contributed by atoms with van der Waals surface area (Å²) in [6.45, 7) is 3.93. The minimum atomic E-state index is -0.720. The van der Waals surface area contributed by atoms with E-state index in [1.54, 1.807) is 0 Å². The van der Waals surface area contributed by atoms with Gasteiger partial charge in [0, 0.05) is 12.3 Å². The van der Waals surface area contributed by atoms with Crippen LogP contribution in [0.25, 0.3) is 0 Å². The highest BCUT2D eigenvalue weighted by atomic mass is 16.3. The first-order valence-electron chi connectivity index (χ1n) is 4.68. The summed E-state index contributed by atoms with van der Waals surface area (Å²) in [4.78, 5) is 11.5. The highest BCUT2D eigenvalue weighted by molar-refractivity contribution is 5.84. The molecule has 0 aliphatic heterocycles. The van der Waals surface area contributed by atoms with Gasteiger partial charge in [-0.1, -0.05) is 6.92 Å². The largest absolute Gasteiger partial charge is 0.389 e. The van der Waals surface area contributed by atoms with Crippen LogP contribution in [0, 0.1) is 11.3 Å². The molecular formula is C10H16O2. The van der Waals surface area contributed by atoms with Gasteiger partial charge in [0.05, 0.1) is 5.60 Å². The first-order valence-corrected chi connectivity index (χ1v) is 4.68. The molecule has 0 aromatic rings. The van der Waals surface area contributed by atoms with Crippen molar-refractivity contribution in [3.63, 3.8) is 0 Å². The number of hydrogen-bond donors (Lipinski definition) is 1. The predicted molar refractivity (Wildman–Crippen MR) is 45.7 cm³/mol. The molecule has 0 aromatic carbocycles. The highest BCUT2D eigenvalue weighted by Gasteiger charge is 2.53. The van der Waals surface area contributed by atoms with Crippen molar-refractivity contribution in [2.45, 2.75) is 45.1 Å². The second-order valence-electron chi connectivity index (χ2n) is 5.08. The first-order chi connectivity index (χ1) is 5.43. The Morgan fingerprint density at radius 1 is 1.50 bits per heavy atom. The molecule has 2 bridgehead atoms. The number of hydrogen-bond acceptors (Lipinski definition) is 2. The molecule has 0 heterocycles. The maximum atomic E-state index is 11.5. The van der Waals surface area contributed by atoms with Gasteiger partial charge in [-0.05, 0) is 31.6 Å². The van der Waals surface area contributed by atoms with Gasteiger partial charge in [0.1, 0.15) is 5.78 Å². The zero-order valence-corrected chi connectivity index (χ0v) is 7.76. The van der Waals surface area contributed by atoms with E-state index < -0.39 is 5.60 Å². The van der Waals surface area contributed by atoms with E-state index in [0.717, 1.165) is 19.3 Å². The van der Waals surface area contributed by atoms with Crippen LogP contribution in [-0.4, -0.2) is 16.5 Å². The molecule has 3 aliphatic rings. The minimum absolute atomic E-state index is 0.0701. The zero-order valence-electron chi connectivity index (χ0n) is 7.76. The molecule has 0 unspecified atom stereocenters. The van der Waals surface area contributed by atoms with Crippen molar-refractivity contribution in [1.82, 2.24) is 0 Å². The molecule has 1 N–H and O–H groups in total. The molecule has 68 valence electrons. The van der Waals surface area contributed by atoms with Crippen molar-refractivity contribution in [3.05, 3.63) is 0 Å². The van der Waals surface area contributed by atoms with E-state index in [4.69, 9.17) is 0 Å². The van der Waals surface area contributed by atoms with Crippen molar-refractivity contribution in [2.75, 3.05) is 0 Å². The van der Waals surface area contributed by atoms with Gasteiger partial charge in [-0.3, -0.25) is 4.79 Å². The monoisotopic (exact) mass is 168 g/mol. The Labute approximate surface area is 73.0 Å². The van der Waals surface area contributed by atoms with Gasteiger partial charge in [0.25, 0.3) is 0 Å². The Bertz CT molecular complexity index is 229. The number of aliphatic hydroxyl groups is 1. The second-order valence-corrected chi connectivity index (χ2v) is 5.08. The average molecular weight is 168 g/mol. The summed E-state index contributed by atoms with van der Waals surface area (Å²) < 4.78 is 0. The summed E-state index contributed by atoms with van der Waals surface area (Å²) in [5, 5.41) is 9.98. The Morgan fingerprint density at radius 3 is 2.58 bits per heavy atom. The van der Waals surface area contributed by atoms with Gasteiger partial charge in [0.2, 0.25) is 0 Å². The van der Waals surface area contributed by atoms with Crippen LogP contribution in [0.3, 0.4) is 0 Å². The van der Waals surface area contributed by atoms with Crippen LogP contribution in [0.2, 0.25) is 0 Å². The van der Waals surface area contributed by atoms with Crippen LogP contribution in [0.1, 0.15) is 39.5 Å². The molecule has 3 fully saturated rings. The number of rotatable bonds is 0. The molecule has 12 heavy (non-hydrogen) atoms. The lowest BCUT2D eigenvalue weighted by Gasteiger charge is -2.51. The molecule has 3 aliphatic carbocycles. The molecule has 0 aromatic heterocycles. The van der Waals surface area contributed by atoms with Crippen molar-refractivity contribution >= 4 is 5.78 Å². The van der Waals surface area contributed by atoms with Gasteiger partial charge in [-0.15, -0.1) is 0 Å². The fourth-order valence-electron chi connectivity index (χ4n) is 3.08. The van der Waals surface area contributed by atoms with Crippen LogP contribution in [0.15, 0.2) is 0 Å². The van der Waals surface area contributed by atoms with E-state index in [-0.39, 0.29) is 17.1 Å². The van der Waals surface area contributed by atoms with E-state index in [1.807, 2.05) is 6.92 Å².